The minimum Gasteiger partial charge on any atom is -0.485 e. The van der Waals surface area contributed by atoms with Crippen molar-refractivity contribution < 1.29 is 23.1 Å². The molecule has 0 spiro atoms. The number of rotatable bonds is 4. The van der Waals surface area contributed by atoms with Gasteiger partial charge in [0.15, 0.2) is 4.33 Å². The number of nitrogens with one attached hydrogen (secondary N) is 2. The average Bonchev–Trinajstić information content (AvgIpc) is 2.98. The standard InChI is InChI=1S/C19H15Cl3F2N2O3/c1-18(2)16(19(18,21)22)29-13-7-6-9(8-10(13)20)25-17(28)26-15(27)14-11(23)4-3-5-12(14)24/h3-8,16H,1-2H3,(H2,25,26,27,28). The zero-order valence-corrected chi connectivity index (χ0v) is 17.4. The van der Waals surface area contributed by atoms with E-state index in [1.165, 1.54) is 18.2 Å². The first-order valence-corrected chi connectivity index (χ1v) is 9.49. The summed E-state index contributed by atoms with van der Waals surface area (Å²) in [5.74, 6) is -3.08. The van der Waals surface area contributed by atoms with Gasteiger partial charge < -0.3 is 10.1 Å². The lowest BCUT2D eigenvalue weighted by Gasteiger charge is -2.12. The summed E-state index contributed by atoms with van der Waals surface area (Å²) in [6.45, 7) is 3.70. The molecule has 2 aromatic rings. The van der Waals surface area contributed by atoms with E-state index in [1.54, 1.807) is 0 Å². The van der Waals surface area contributed by atoms with Crippen LogP contribution in [-0.4, -0.2) is 22.4 Å². The van der Waals surface area contributed by atoms with Gasteiger partial charge in [-0.3, -0.25) is 10.1 Å². The Balaban J connectivity index is 1.64. The number of amides is 3. The number of urea groups is 1. The molecule has 1 fully saturated rings. The summed E-state index contributed by atoms with van der Waals surface area (Å²) >= 11 is 18.5. The summed E-state index contributed by atoms with van der Waals surface area (Å²) in [7, 11) is 0. The fourth-order valence-corrected chi connectivity index (χ4v) is 3.63. The van der Waals surface area contributed by atoms with Crippen LogP contribution >= 0.6 is 34.8 Å². The van der Waals surface area contributed by atoms with Gasteiger partial charge in [-0.15, -0.1) is 0 Å². The Bertz CT molecular complexity index is 964. The maximum absolute atomic E-state index is 13.6. The van der Waals surface area contributed by atoms with Crippen LogP contribution in [0.15, 0.2) is 36.4 Å². The molecule has 2 N–H and O–H groups in total. The second-order valence-corrected chi connectivity index (χ2v) is 8.79. The lowest BCUT2D eigenvalue weighted by molar-refractivity contribution is 0.0959. The summed E-state index contributed by atoms with van der Waals surface area (Å²) in [5, 5.41) is 4.36. The third-order valence-corrected chi connectivity index (χ3v) is 6.28. The molecule has 154 valence electrons. The van der Waals surface area contributed by atoms with Crippen LogP contribution in [0.3, 0.4) is 0 Å². The highest BCUT2D eigenvalue weighted by atomic mass is 35.5. The summed E-state index contributed by atoms with van der Waals surface area (Å²) in [4.78, 5) is 23.9. The zero-order chi connectivity index (χ0) is 21.6. The molecule has 0 bridgehead atoms. The number of anilines is 1. The van der Waals surface area contributed by atoms with Crippen molar-refractivity contribution in [2.75, 3.05) is 5.32 Å². The number of hydrogen-bond acceptors (Lipinski definition) is 3. The minimum atomic E-state index is -1.22. The number of ether oxygens (including phenoxy) is 1. The first-order chi connectivity index (χ1) is 13.4. The Hall–Kier alpha value is -2.09. The Morgan fingerprint density at radius 3 is 2.21 bits per heavy atom. The average molecular weight is 464 g/mol. The first-order valence-electron chi connectivity index (χ1n) is 8.35. The van der Waals surface area contributed by atoms with Crippen molar-refractivity contribution in [3.8, 4) is 5.75 Å². The van der Waals surface area contributed by atoms with Crippen LogP contribution in [0.25, 0.3) is 0 Å². The molecule has 0 heterocycles. The van der Waals surface area contributed by atoms with Crippen molar-refractivity contribution in [1.82, 2.24) is 5.32 Å². The molecule has 1 aliphatic rings. The van der Waals surface area contributed by atoms with Crippen molar-refractivity contribution in [3.05, 3.63) is 58.6 Å². The Morgan fingerprint density at radius 2 is 1.69 bits per heavy atom. The SMILES string of the molecule is CC1(C)C(Oc2ccc(NC(=O)NC(=O)c3c(F)cccc3F)cc2Cl)C1(Cl)Cl. The van der Waals surface area contributed by atoms with Gasteiger partial charge in [-0.05, 0) is 30.3 Å². The summed E-state index contributed by atoms with van der Waals surface area (Å²) in [6, 6.07) is 6.27. The van der Waals surface area contributed by atoms with Gasteiger partial charge in [-0.25, -0.2) is 13.6 Å². The van der Waals surface area contributed by atoms with Crippen molar-refractivity contribution in [2.24, 2.45) is 5.41 Å². The molecule has 3 amide bonds. The number of hydrogen-bond donors (Lipinski definition) is 2. The van der Waals surface area contributed by atoms with Crippen LogP contribution in [-0.2, 0) is 0 Å². The van der Waals surface area contributed by atoms with Crippen LogP contribution in [0.1, 0.15) is 24.2 Å². The molecule has 0 saturated heterocycles. The van der Waals surface area contributed by atoms with Crippen molar-refractivity contribution >= 4 is 52.4 Å². The Kier molecular flexibility index (Phi) is 5.69. The maximum Gasteiger partial charge on any atom is 0.326 e. The van der Waals surface area contributed by atoms with Gasteiger partial charge in [0.05, 0.1) is 5.02 Å². The molecule has 1 atom stereocenters. The molecular formula is C19H15Cl3F2N2O3. The minimum absolute atomic E-state index is 0.168. The second kappa shape index (κ2) is 7.63. The van der Waals surface area contributed by atoms with E-state index in [-0.39, 0.29) is 10.7 Å². The van der Waals surface area contributed by atoms with Crippen molar-refractivity contribution in [3.63, 3.8) is 0 Å². The fourth-order valence-electron chi connectivity index (χ4n) is 2.68. The topological polar surface area (TPSA) is 67.4 Å². The molecule has 5 nitrogen and oxygen atoms in total. The molecule has 0 aliphatic heterocycles. The predicted octanol–water partition coefficient (Wildman–Crippen LogP) is 5.54. The summed E-state index contributed by atoms with van der Waals surface area (Å²) in [5.41, 5.74) is -1.10. The second-order valence-electron chi connectivity index (χ2n) is 6.99. The monoisotopic (exact) mass is 462 g/mol. The molecule has 2 aromatic carbocycles. The van der Waals surface area contributed by atoms with E-state index in [9.17, 15) is 18.4 Å². The molecule has 1 aliphatic carbocycles. The quantitative estimate of drug-likeness (QED) is 0.585. The smallest absolute Gasteiger partial charge is 0.326 e. The fraction of sp³-hybridized carbons (Fsp3) is 0.263. The number of halogens is 5. The number of carbonyl (C=O) groups excluding carboxylic acids is 2. The maximum atomic E-state index is 13.6. The van der Waals surface area contributed by atoms with E-state index < -0.39 is 45.0 Å². The van der Waals surface area contributed by atoms with E-state index in [0.29, 0.717) is 5.75 Å². The molecule has 0 radical (unpaired) electrons. The number of imide groups is 1. The van der Waals surface area contributed by atoms with E-state index in [0.717, 1.165) is 18.2 Å². The van der Waals surface area contributed by atoms with Gasteiger partial charge in [-0.2, -0.15) is 0 Å². The van der Waals surface area contributed by atoms with E-state index in [4.69, 9.17) is 39.5 Å². The van der Waals surface area contributed by atoms with E-state index in [2.05, 4.69) is 5.32 Å². The van der Waals surface area contributed by atoms with Gasteiger partial charge in [0.2, 0.25) is 0 Å². The molecule has 29 heavy (non-hydrogen) atoms. The van der Waals surface area contributed by atoms with Gasteiger partial charge in [0.25, 0.3) is 5.91 Å². The highest BCUT2D eigenvalue weighted by Crippen LogP contribution is 2.65. The molecular weight excluding hydrogens is 449 g/mol. The van der Waals surface area contributed by atoms with Crippen LogP contribution in [0.5, 0.6) is 5.75 Å². The molecule has 3 rings (SSSR count). The third-order valence-electron chi connectivity index (χ3n) is 4.61. The van der Waals surface area contributed by atoms with Crippen LogP contribution in [0, 0.1) is 17.0 Å². The number of alkyl halides is 2. The normalized spacial score (nSPS) is 18.7. The molecule has 10 heteroatoms. The number of carbonyl (C=O) groups is 2. The predicted molar refractivity (Wildman–Crippen MR) is 107 cm³/mol. The summed E-state index contributed by atoms with van der Waals surface area (Å²) in [6.07, 6.45) is -0.466. The Labute approximate surface area is 180 Å². The lowest BCUT2D eigenvalue weighted by Crippen LogP contribution is -2.35. The molecule has 1 unspecified atom stereocenters. The van der Waals surface area contributed by atoms with Gasteiger partial charge in [-0.1, -0.05) is 54.7 Å². The highest BCUT2D eigenvalue weighted by molar-refractivity contribution is 6.52. The van der Waals surface area contributed by atoms with E-state index >= 15 is 0 Å². The van der Waals surface area contributed by atoms with Crippen LogP contribution in [0.2, 0.25) is 5.02 Å². The molecule has 1 saturated carbocycles. The van der Waals surface area contributed by atoms with Gasteiger partial charge in [0.1, 0.15) is 29.1 Å². The van der Waals surface area contributed by atoms with Crippen LogP contribution in [0.4, 0.5) is 19.3 Å². The largest absolute Gasteiger partial charge is 0.485 e. The van der Waals surface area contributed by atoms with Crippen molar-refractivity contribution in [2.45, 2.75) is 24.3 Å². The van der Waals surface area contributed by atoms with Crippen LogP contribution < -0.4 is 15.4 Å². The Morgan fingerprint density at radius 1 is 1.10 bits per heavy atom. The molecule has 0 aromatic heterocycles. The highest BCUT2D eigenvalue weighted by Gasteiger charge is 2.73. The van der Waals surface area contributed by atoms with Crippen molar-refractivity contribution in [1.29, 1.82) is 0 Å². The first kappa shape index (κ1) is 21.6. The van der Waals surface area contributed by atoms with Gasteiger partial charge in [0, 0.05) is 11.1 Å². The van der Waals surface area contributed by atoms with E-state index in [1.807, 2.05) is 19.2 Å². The lowest BCUT2D eigenvalue weighted by atomic mass is 10.2. The number of benzene rings is 2. The third kappa shape index (κ3) is 4.13. The summed E-state index contributed by atoms with van der Waals surface area (Å²) < 4.78 is 31.9. The van der Waals surface area contributed by atoms with Gasteiger partial charge >= 0.3 is 6.03 Å². The zero-order valence-electron chi connectivity index (χ0n) is 15.2.